The summed E-state index contributed by atoms with van der Waals surface area (Å²) >= 11 is 0. The van der Waals surface area contributed by atoms with E-state index in [0.717, 1.165) is 6.54 Å². The SMILES string of the molecule is Cc1c([N+](=O)[O-])cnn1[C@@H]1CCN(C2COC2)C[C@H]1F. The Balaban J connectivity index is 1.73. The zero-order chi connectivity index (χ0) is 14.3. The standard InChI is InChI=1S/C12H17FN4O3/c1-8-12(17(18)19)4-14-16(8)11-2-3-15(5-10(11)13)9-6-20-7-9/h4,9-11H,2-3,5-7H2,1H3/t10-,11-/m1/s1. The molecule has 1 aromatic heterocycles. The number of nitro groups is 1. The van der Waals surface area contributed by atoms with Crippen LogP contribution in [0.5, 0.6) is 0 Å². The lowest BCUT2D eigenvalue weighted by atomic mass is 10.0. The third kappa shape index (κ3) is 2.18. The van der Waals surface area contributed by atoms with Gasteiger partial charge in [0, 0.05) is 13.1 Å². The molecule has 0 radical (unpaired) electrons. The van der Waals surface area contributed by atoms with Crippen LogP contribution in [-0.4, -0.2) is 58.1 Å². The Kier molecular flexibility index (Phi) is 3.43. The fraction of sp³-hybridized carbons (Fsp3) is 0.750. The third-order valence-electron chi connectivity index (χ3n) is 4.20. The van der Waals surface area contributed by atoms with Crippen molar-refractivity contribution >= 4 is 5.69 Å². The van der Waals surface area contributed by atoms with Crippen LogP contribution in [0.2, 0.25) is 0 Å². The number of aromatic nitrogens is 2. The zero-order valence-electron chi connectivity index (χ0n) is 11.2. The van der Waals surface area contributed by atoms with Crippen LogP contribution in [0.15, 0.2) is 6.20 Å². The Morgan fingerprint density at radius 2 is 2.30 bits per heavy atom. The van der Waals surface area contributed by atoms with E-state index in [4.69, 9.17) is 4.74 Å². The van der Waals surface area contributed by atoms with Crippen LogP contribution in [0.3, 0.4) is 0 Å². The highest BCUT2D eigenvalue weighted by atomic mass is 19.1. The third-order valence-corrected chi connectivity index (χ3v) is 4.20. The fourth-order valence-electron chi connectivity index (χ4n) is 2.89. The van der Waals surface area contributed by atoms with Crippen molar-refractivity contribution in [3.05, 3.63) is 22.0 Å². The number of piperidine rings is 1. The van der Waals surface area contributed by atoms with Crippen molar-refractivity contribution in [1.29, 1.82) is 0 Å². The Hall–Kier alpha value is -1.54. The molecule has 0 N–H and O–H groups in total. The normalized spacial score (nSPS) is 28.3. The predicted molar refractivity (Wildman–Crippen MR) is 68.3 cm³/mol. The molecule has 0 saturated carbocycles. The van der Waals surface area contributed by atoms with Gasteiger partial charge in [-0.15, -0.1) is 0 Å². The summed E-state index contributed by atoms with van der Waals surface area (Å²) in [5, 5.41) is 14.8. The van der Waals surface area contributed by atoms with E-state index >= 15 is 0 Å². The molecule has 0 amide bonds. The second kappa shape index (κ2) is 5.10. The van der Waals surface area contributed by atoms with Crippen LogP contribution in [-0.2, 0) is 4.74 Å². The van der Waals surface area contributed by atoms with Crippen LogP contribution in [0.25, 0.3) is 0 Å². The van der Waals surface area contributed by atoms with Gasteiger partial charge in [0.25, 0.3) is 0 Å². The molecule has 7 nitrogen and oxygen atoms in total. The molecule has 2 saturated heterocycles. The summed E-state index contributed by atoms with van der Waals surface area (Å²) in [4.78, 5) is 12.4. The zero-order valence-corrected chi connectivity index (χ0v) is 11.2. The Morgan fingerprint density at radius 3 is 2.80 bits per heavy atom. The lowest BCUT2D eigenvalue weighted by Gasteiger charge is -2.42. The number of likely N-dealkylation sites (tertiary alicyclic amines) is 1. The molecule has 3 heterocycles. The molecule has 3 rings (SSSR count). The van der Waals surface area contributed by atoms with Crippen molar-refractivity contribution in [2.75, 3.05) is 26.3 Å². The van der Waals surface area contributed by atoms with Crippen molar-refractivity contribution in [1.82, 2.24) is 14.7 Å². The second-order valence-electron chi connectivity index (χ2n) is 5.38. The lowest BCUT2D eigenvalue weighted by Crippen LogP contribution is -2.55. The topological polar surface area (TPSA) is 73.4 Å². The van der Waals surface area contributed by atoms with Crippen molar-refractivity contribution in [2.24, 2.45) is 0 Å². The van der Waals surface area contributed by atoms with Crippen molar-refractivity contribution in [3.63, 3.8) is 0 Å². The summed E-state index contributed by atoms with van der Waals surface area (Å²) in [7, 11) is 0. The van der Waals surface area contributed by atoms with Gasteiger partial charge in [0.1, 0.15) is 18.1 Å². The number of hydrogen-bond donors (Lipinski definition) is 0. The maximum Gasteiger partial charge on any atom is 0.309 e. The number of hydrogen-bond acceptors (Lipinski definition) is 5. The molecule has 2 aliphatic heterocycles. The Labute approximate surface area is 115 Å². The molecule has 2 aliphatic rings. The maximum atomic E-state index is 14.4. The van der Waals surface area contributed by atoms with Crippen LogP contribution >= 0.6 is 0 Å². The van der Waals surface area contributed by atoms with Crippen LogP contribution in [0.1, 0.15) is 18.2 Å². The average Bonchev–Trinajstić information content (AvgIpc) is 2.69. The summed E-state index contributed by atoms with van der Waals surface area (Å²) in [6.45, 7) is 4.06. The van der Waals surface area contributed by atoms with Gasteiger partial charge in [-0.1, -0.05) is 0 Å². The average molecular weight is 284 g/mol. The van der Waals surface area contributed by atoms with E-state index in [1.165, 1.54) is 10.9 Å². The summed E-state index contributed by atoms with van der Waals surface area (Å²) in [5.74, 6) is 0. The first-order valence-corrected chi connectivity index (χ1v) is 6.72. The van der Waals surface area contributed by atoms with Gasteiger partial charge in [-0.3, -0.25) is 19.7 Å². The van der Waals surface area contributed by atoms with Gasteiger partial charge in [-0.2, -0.15) is 5.10 Å². The largest absolute Gasteiger partial charge is 0.378 e. The van der Waals surface area contributed by atoms with Crippen molar-refractivity contribution in [3.8, 4) is 0 Å². The second-order valence-corrected chi connectivity index (χ2v) is 5.38. The van der Waals surface area contributed by atoms with Gasteiger partial charge in [0.2, 0.25) is 0 Å². The van der Waals surface area contributed by atoms with Gasteiger partial charge in [-0.25, -0.2) is 4.39 Å². The van der Waals surface area contributed by atoms with Gasteiger partial charge in [0.15, 0.2) is 0 Å². The van der Waals surface area contributed by atoms with Gasteiger partial charge >= 0.3 is 5.69 Å². The monoisotopic (exact) mass is 284 g/mol. The highest BCUT2D eigenvalue weighted by molar-refractivity contribution is 5.32. The van der Waals surface area contributed by atoms with Crippen LogP contribution in [0.4, 0.5) is 10.1 Å². The minimum atomic E-state index is -1.07. The van der Waals surface area contributed by atoms with Crippen LogP contribution < -0.4 is 0 Å². The molecular formula is C12H17FN4O3. The molecule has 2 atom stereocenters. The smallest absolute Gasteiger partial charge is 0.309 e. The van der Waals surface area contributed by atoms with Crippen molar-refractivity contribution < 1.29 is 14.1 Å². The molecule has 20 heavy (non-hydrogen) atoms. The first-order valence-electron chi connectivity index (χ1n) is 6.72. The molecule has 1 aromatic rings. The molecular weight excluding hydrogens is 267 g/mol. The quantitative estimate of drug-likeness (QED) is 0.613. The van der Waals surface area contributed by atoms with E-state index < -0.39 is 17.1 Å². The minimum Gasteiger partial charge on any atom is -0.378 e. The molecule has 2 fully saturated rings. The minimum absolute atomic E-state index is 0.0491. The number of halogens is 1. The van der Waals surface area contributed by atoms with E-state index in [2.05, 4.69) is 10.00 Å². The molecule has 0 aromatic carbocycles. The Morgan fingerprint density at radius 1 is 1.55 bits per heavy atom. The molecule has 0 aliphatic carbocycles. The fourth-order valence-corrected chi connectivity index (χ4v) is 2.89. The maximum absolute atomic E-state index is 14.4. The molecule has 0 bridgehead atoms. The lowest BCUT2D eigenvalue weighted by molar-refractivity contribution is -0.385. The first-order chi connectivity index (χ1) is 9.58. The summed E-state index contributed by atoms with van der Waals surface area (Å²) in [6, 6.07) is -0.0943. The summed E-state index contributed by atoms with van der Waals surface area (Å²) in [5.41, 5.74) is 0.370. The van der Waals surface area contributed by atoms with E-state index in [1.54, 1.807) is 6.92 Å². The Bertz CT molecular complexity index is 517. The summed E-state index contributed by atoms with van der Waals surface area (Å²) < 4.78 is 21.0. The van der Waals surface area contributed by atoms with Crippen LogP contribution in [0, 0.1) is 17.0 Å². The number of alkyl halides is 1. The first kappa shape index (κ1) is 13.4. The van der Waals surface area contributed by atoms with E-state index in [1.807, 2.05) is 0 Å². The van der Waals surface area contributed by atoms with E-state index in [-0.39, 0.29) is 5.69 Å². The highest BCUT2D eigenvalue weighted by Crippen LogP contribution is 2.30. The van der Waals surface area contributed by atoms with Crippen molar-refractivity contribution in [2.45, 2.75) is 31.6 Å². The van der Waals surface area contributed by atoms with E-state index in [9.17, 15) is 14.5 Å². The predicted octanol–water partition coefficient (Wildman–Crippen LogP) is 1.08. The number of nitrogens with zero attached hydrogens (tertiary/aromatic N) is 4. The number of ether oxygens (including phenoxy) is 1. The van der Waals surface area contributed by atoms with Gasteiger partial charge in [-0.05, 0) is 13.3 Å². The molecule has 8 heteroatoms. The molecule has 0 unspecified atom stereocenters. The number of rotatable bonds is 3. The van der Waals surface area contributed by atoms with Gasteiger partial charge < -0.3 is 4.74 Å². The van der Waals surface area contributed by atoms with Gasteiger partial charge in [0.05, 0.1) is 30.2 Å². The summed E-state index contributed by atoms with van der Waals surface area (Å²) in [6.07, 6.45) is 0.744. The van der Waals surface area contributed by atoms with E-state index in [0.29, 0.717) is 37.9 Å². The highest BCUT2D eigenvalue weighted by Gasteiger charge is 2.37. The molecule has 0 spiro atoms. The molecule has 110 valence electrons.